The van der Waals surface area contributed by atoms with Crippen molar-refractivity contribution in [1.29, 1.82) is 0 Å². The maximum atomic E-state index is 13.3. The van der Waals surface area contributed by atoms with Crippen LogP contribution in [0.25, 0.3) is 10.9 Å². The summed E-state index contributed by atoms with van der Waals surface area (Å²) < 4.78 is 18.3. The van der Waals surface area contributed by atoms with E-state index in [2.05, 4.69) is 44.2 Å². The zero-order chi connectivity index (χ0) is 26.1. The minimum absolute atomic E-state index is 0.126. The van der Waals surface area contributed by atoms with Gasteiger partial charge in [-0.25, -0.2) is 4.68 Å². The van der Waals surface area contributed by atoms with Crippen LogP contribution in [-0.4, -0.2) is 41.9 Å². The van der Waals surface area contributed by atoms with Gasteiger partial charge in [0.2, 0.25) is 6.79 Å². The highest BCUT2D eigenvalue weighted by atomic mass is 16.7. The maximum absolute atomic E-state index is 13.3. The summed E-state index contributed by atoms with van der Waals surface area (Å²) in [5.74, 6) is 2.87. The lowest BCUT2D eigenvalue weighted by Crippen LogP contribution is -2.35. The van der Waals surface area contributed by atoms with Crippen LogP contribution in [0.2, 0.25) is 0 Å². The van der Waals surface area contributed by atoms with Crippen LogP contribution in [0.5, 0.6) is 11.5 Å². The largest absolute Gasteiger partial charge is 0.467 e. The second kappa shape index (κ2) is 10.1. The van der Waals surface area contributed by atoms with Crippen molar-refractivity contribution in [1.82, 2.24) is 35.1 Å². The van der Waals surface area contributed by atoms with Crippen LogP contribution in [0.3, 0.4) is 0 Å². The number of hydrogen-bond donors (Lipinski definition) is 1. The van der Waals surface area contributed by atoms with E-state index in [1.54, 1.807) is 23.2 Å². The molecule has 11 nitrogen and oxygen atoms in total. The van der Waals surface area contributed by atoms with Crippen LogP contribution in [0.15, 0.2) is 70.3 Å². The number of H-pyrrole nitrogens is 1. The Morgan fingerprint density at radius 3 is 2.74 bits per heavy atom. The molecule has 5 aromatic rings. The van der Waals surface area contributed by atoms with Crippen molar-refractivity contribution in [2.75, 3.05) is 6.79 Å². The van der Waals surface area contributed by atoms with Gasteiger partial charge in [0.1, 0.15) is 12.3 Å². The van der Waals surface area contributed by atoms with Crippen molar-refractivity contribution < 1.29 is 13.9 Å². The van der Waals surface area contributed by atoms with E-state index in [4.69, 9.17) is 13.9 Å². The van der Waals surface area contributed by atoms with Crippen LogP contribution in [-0.2, 0) is 19.6 Å². The fourth-order valence-electron chi connectivity index (χ4n) is 4.93. The first-order chi connectivity index (χ1) is 18.5. The Hall–Kier alpha value is -4.51. The summed E-state index contributed by atoms with van der Waals surface area (Å²) in [6, 6.07) is 13.1. The molecule has 5 heterocycles. The number of benzene rings is 1. The number of pyridine rings is 2. The number of nitrogens with one attached hydrogen (secondary N) is 1. The molecule has 1 atom stereocenters. The summed E-state index contributed by atoms with van der Waals surface area (Å²) in [4.78, 5) is 22.8. The van der Waals surface area contributed by atoms with Gasteiger partial charge in [0.05, 0.1) is 17.8 Å². The number of aromatic nitrogens is 6. The van der Waals surface area contributed by atoms with Crippen LogP contribution >= 0.6 is 0 Å². The van der Waals surface area contributed by atoms with E-state index >= 15 is 0 Å². The minimum Gasteiger partial charge on any atom is -0.467 e. The highest BCUT2D eigenvalue weighted by Gasteiger charge is 2.30. The Balaban J connectivity index is 1.39. The number of hydrogen-bond acceptors (Lipinski definition) is 9. The van der Waals surface area contributed by atoms with E-state index < -0.39 is 0 Å². The predicted octanol–water partition coefficient (Wildman–Crippen LogP) is 3.68. The van der Waals surface area contributed by atoms with E-state index in [9.17, 15) is 4.79 Å². The van der Waals surface area contributed by atoms with Gasteiger partial charge in [-0.05, 0) is 52.2 Å². The van der Waals surface area contributed by atoms with Gasteiger partial charge in [0.15, 0.2) is 17.3 Å². The maximum Gasteiger partial charge on any atom is 0.252 e. The molecule has 6 rings (SSSR count). The smallest absolute Gasteiger partial charge is 0.252 e. The van der Waals surface area contributed by atoms with E-state index in [0.29, 0.717) is 48.0 Å². The Bertz CT molecular complexity index is 1600. The second-order valence-electron chi connectivity index (χ2n) is 9.65. The highest BCUT2D eigenvalue weighted by molar-refractivity contribution is 5.83. The van der Waals surface area contributed by atoms with Gasteiger partial charge in [0, 0.05) is 42.5 Å². The Morgan fingerprint density at radius 2 is 1.97 bits per heavy atom. The molecule has 0 fully saturated rings. The van der Waals surface area contributed by atoms with Crippen molar-refractivity contribution in [3.63, 3.8) is 0 Å². The number of aromatic amines is 1. The monoisotopic (exact) mass is 513 g/mol. The zero-order valence-electron chi connectivity index (χ0n) is 21.1. The molecule has 11 heteroatoms. The average Bonchev–Trinajstić information content (AvgIpc) is 3.67. The van der Waals surface area contributed by atoms with Gasteiger partial charge in [0.25, 0.3) is 5.56 Å². The molecular formula is C27H27N7O4. The summed E-state index contributed by atoms with van der Waals surface area (Å²) in [6.45, 7) is 5.73. The van der Waals surface area contributed by atoms with Gasteiger partial charge >= 0.3 is 0 Å². The van der Waals surface area contributed by atoms with Crippen molar-refractivity contribution in [3.8, 4) is 11.5 Å². The van der Waals surface area contributed by atoms with Gasteiger partial charge in [-0.1, -0.05) is 19.9 Å². The molecule has 0 saturated heterocycles. The van der Waals surface area contributed by atoms with Crippen LogP contribution in [0.4, 0.5) is 0 Å². The molecule has 0 radical (unpaired) electrons. The molecule has 1 aliphatic heterocycles. The standard InChI is InChI=1S/C27H27N7O4/c1-17(2)25(26-30-31-32-34(26)15-21-6-4-8-36-21)33(13-18-5-3-7-28-12-18)14-20-9-19-10-23-24(38-16-37-23)11-22(19)29-27(20)35/h3-12,17,25H,13-16H2,1-2H3,(H,29,35)/t25-/m1/s1. The van der Waals surface area contributed by atoms with E-state index in [1.807, 2.05) is 42.6 Å². The second-order valence-corrected chi connectivity index (χ2v) is 9.65. The SMILES string of the molecule is CC(C)[C@H](c1nnnn1Cc1ccco1)N(Cc1cccnc1)Cc1cc2cc3c(cc2[nH]c1=O)OCO3. The first kappa shape index (κ1) is 23.9. The molecule has 0 saturated carbocycles. The molecule has 1 aromatic carbocycles. The number of fused-ring (bicyclic) bond motifs is 2. The van der Waals surface area contributed by atoms with Gasteiger partial charge in [-0.15, -0.1) is 5.10 Å². The number of rotatable bonds is 9. The zero-order valence-corrected chi connectivity index (χ0v) is 21.1. The summed E-state index contributed by atoms with van der Waals surface area (Å²) in [7, 11) is 0. The molecule has 194 valence electrons. The molecule has 0 spiro atoms. The van der Waals surface area contributed by atoms with Crippen molar-refractivity contribution in [2.45, 2.75) is 39.5 Å². The molecule has 0 bridgehead atoms. The predicted molar refractivity (Wildman–Crippen MR) is 137 cm³/mol. The van der Waals surface area contributed by atoms with Crippen molar-refractivity contribution >= 4 is 10.9 Å². The molecule has 0 amide bonds. The number of ether oxygens (including phenoxy) is 2. The number of nitrogens with zero attached hydrogens (tertiary/aromatic N) is 6. The van der Waals surface area contributed by atoms with Gasteiger partial charge < -0.3 is 18.9 Å². The topological polar surface area (TPSA) is 124 Å². The normalized spacial score (nSPS) is 13.6. The fraction of sp³-hybridized carbons (Fsp3) is 0.296. The lowest BCUT2D eigenvalue weighted by Gasteiger charge is -2.33. The van der Waals surface area contributed by atoms with Gasteiger partial charge in [-0.2, -0.15) is 0 Å². The van der Waals surface area contributed by atoms with E-state index in [0.717, 1.165) is 16.7 Å². The summed E-state index contributed by atoms with van der Waals surface area (Å²) >= 11 is 0. The highest BCUT2D eigenvalue weighted by Crippen LogP contribution is 2.36. The molecule has 1 N–H and O–H groups in total. The van der Waals surface area contributed by atoms with Gasteiger partial charge in [-0.3, -0.25) is 14.7 Å². The lowest BCUT2D eigenvalue weighted by atomic mass is 9.99. The Labute approximate surface area is 218 Å². The van der Waals surface area contributed by atoms with E-state index in [1.165, 1.54) is 0 Å². The summed E-state index contributed by atoms with van der Waals surface area (Å²) in [6.07, 6.45) is 5.21. The molecule has 4 aromatic heterocycles. The van der Waals surface area contributed by atoms with Crippen molar-refractivity contribution in [3.05, 3.63) is 94.2 Å². The third-order valence-electron chi connectivity index (χ3n) is 6.63. The first-order valence-corrected chi connectivity index (χ1v) is 12.4. The van der Waals surface area contributed by atoms with Crippen LogP contribution in [0, 0.1) is 5.92 Å². The Kier molecular flexibility index (Phi) is 6.34. The van der Waals surface area contributed by atoms with E-state index in [-0.39, 0.29) is 24.3 Å². The molecule has 38 heavy (non-hydrogen) atoms. The third-order valence-corrected chi connectivity index (χ3v) is 6.63. The summed E-state index contributed by atoms with van der Waals surface area (Å²) in [5.41, 5.74) is 2.18. The quantitative estimate of drug-likeness (QED) is 0.314. The Morgan fingerprint density at radius 1 is 1.11 bits per heavy atom. The lowest BCUT2D eigenvalue weighted by molar-refractivity contribution is 0.125. The number of tetrazole rings is 1. The molecular weight excluding hydrogens is 486 g/mol. The third kappa shape index (κ3) is 4.75. The number of furan rings is 1. The molecule has 0 unspecified atom stereocenters. The average molecular weight is 514 g/mol. The summed E-state index contributed by atoms with van der Waals surface area (Å²) in [5, 5.41) is 13.5. The molecule has 0 aliphatic carbocycles. The fourth-order valence-corrected chi connectivity index (χ4v) is 4.93. The van der Waals surface area contributed by atoms with Crippen molar-refractivity contribution in [2.24, 2.45) is 5.92 Å². The molecule has 1 aliphatic rings. The minimum atomic E-state index is -0.202. The van der Waals surface area contributed by atoms with Crippen LogP contribution < -0.4 is 15.0 Å². The first-order valence-electron chi connectivity index (χ1n) is 12.4. The van der Waals surface area contributed by atoms with Crippen LogP contribution in [0.1, 0.15) is 42.6 Å².